The molecule has 7 heteroatoms. The van der Waals surface area contributed by atoms with Gasteiger partial charge in [0.1, 0.15) is 11.5 Å². The third-order valence-electron chi connectivity index (χ3n) is 3.42. The highest BCUT2D eigenvalue weighted by molar-refractivity contribution is 7.86. The summed E-state index contributed by atoms with van der Waals surface area (Å²) < 4.78 is 22.7. The summed E-state index contributed by atoms with van der Waals surface area (Å²) in [6.45, 7) is 2.48. The van der Waals surface area contributed by atoms with Crippen molar-refractivity contribution >= 4 is 28.1 Å². The molecule has 21 heavy (non-hydrogen) atoms. The number of ether oxygens (including phenoxy) is 2. The van der Waals surface area contributed by atoms with Crippen molar-refractivity contribution in [3.05, 3.63) is 18.2 Å². The third kappa shape index (κ3) is 3.95. The van der Waals surface area contributed by atoms with Gasteiger partial charge in [0.15, 0.2) is 0 Å². The number of nitrogens with one attached hydrogen (secondary N) is 1. The molecule has 116 valence electrons. The summed E-state index contributed by atoms with van der Waals surface area (Å²) in [6.07, 6.45) is 0.656. The molecule has 6 nitrogen and oxygen atoms in total. The lowest BCUT2D eigenvalue weighted by Gasteiger charge is -2.14. The van der Waals surface area contributed by atoms with Gasteiger partial charge in [-0.3, -0.25) is 9.00 Å². The quantitative estimate of drug-likeness (QED) is 0.796. The molecule has 1 aromatic carbocycles. The van der Waals surface area contributed by atoms with Gasteiger partial charge in [-0.1, -0.05) is 0 Å². The van der Waals surface area contributed by atoms with Gasteiger partial charge in [-0.15, -0.1) is 0 Å². The normalized spacial score (nSPS) is 22.8. The fraction of sp³-hybridized carbons (Fsp3) is 0.500. The second kappa shape index (κ2) is 6.91. The van der Waals surface area contributed by atoms with Crippen LogP contribution in [0.5, 0.6) is 5.75 Å². The van der Waals surface area contributed by atoms with Gasteiger partial charge < -0.3 is 20.5 Å². The summed E-state index contributed by atoms with van der Waals surface area (Å²) in [5.41, 5.74) is 6.69. The summed E-state index contributed by atoms with van der Waals surface area (Å²) in [5, 5.41) is 2.61. The fourth-order valence-electron chi connectivity index (χ4n) is 2.30. The van der Waals surface area contributed by atoms with E-state index in [9.17, 15) is 9.00 Å². The lowest BCUT2D eigenvalue weighted by atomic mass is 10.2. The van der Waals surface area contributed by atoms with Crippen LogP contribution in [0.4, 0.5) is 11.4 Å². The molecular weight excluding hydrogens is 292 g/mol. The van der Waals surface area contributed by atoms with Gasteiger partial charge in [0, 0.05) is 23.1 Å². The fourth-order valence-corrected chi connectivity index (χ4v) is 3.71. The smallest absolute Gasteiger partial charge is 0.237 e. The monoisotopic (exact) mass is 312 g/mol. The van der Waals surface area contributed by atoms with Crippen LogP contribution in [0.3, 0.4) is 0 Å². The minimum absolute atomic E-state index is 0.0592. The number of nitrogens with two attached hydrogens (primary N) is 1. The van der Waals surface area contributed by atoms with Crippen LogP contribution in [-0.2, 0) is 20.3 Å². The summed E-state index contributed by atoms with van der Waals surface area (Å²) in [6, 6.07) is 4.97. The van der Waals surface area contributed by atoms with Gasteiger partial charge in [0.2, 0.25) is 5.91 Å². The van der Waals surface area contributed by atoms with Crippen molar-refractivity contribution in [2.24, 2.45) is 0 Å². The van der Waals surface area contributed by atoms with Crippen LogP contribution in [-0.4, -0.2) is 40.9 Å². The maximum Gasteiger partial charge on any atom is 0.237 e. The Kier molecular flexibility index (Phi) is 5.19. The number of carbonyl (C=O) groups is 1. The number of rotatable bonds is 5. The summed E-state index contributed by atoms with van der Waals surface area (Å²) in [5.74, 6) is 0.133. The van der Waals surface area contributed by atoms with Crippen molar-refractivity contribution < 1.29 is 18.5 Å². The second-order valence-corrected chi connectivity index (χ2v) is 6.59. The molecule has 0 saturated carbocycles. The van der Waals surface area contributed by atoms with Crippen molar-refractivity contribution in [1.82, 2.24) is 0 Å². The van der Waals surface area contributed by atoms with Crippen LogP contribution >= 0.6 is 0 Å². The topological polar surface area (TPSA) is 90.6 Å². The number of methoxy groups -OCH3 is 1. The van der Waals surface area contributed by atoms with Crippen molar-refractivity contribution in [2.45, 2.75) is 24.7 Å². The molecule has 0 radical (unpaired) electrons. The molecule has 1 aliphatic rings. The molecule has 0 spiro atoms. The minimum Gasteiger partial charge on any atom is -0.495 e. The molecule has 0 bridgehead atoms. The van der Waals surface area contributed by atoms with E-state index in [-0.39, 0.29) is 23.0 Å². The Morgan fingerprint density at radius 3 is 2.95 bits per heavy atom. The van der Waals surface area contributed by atoms with Crippen molar-refractivity contribution in [3.63, 3.8) is 0 Å². The number of hydrogen-bond donors (Lipinski definition) is 2. The van der Waals surface area contributed by atoms with Crippen molar-refractivity contribution in [1.29, 1.82) is 0 Å². The average molecular weight is 312 g/mol. The number of amides is 1. The zero-order valence-electron chi connectivity index (χ0n) is 12.1. The van der Waals surface area contributed by atoms with Crippen LogP contribution in [0.2, 0.25) is 0 Å². The number of nitrogen functional groups attached to an aromatic ring is 1. The lowest BCUT2D eigenvalue weighted by Crippen LogP contribution is -2.30. The van der Waals surface area contributed by atoms with Gasteiger partial charge in [-0.25, -0.2) is 0 Å². The number of anilines is 2. The molecular formula is C14H20N2O4S. The lowest BCUT2D eigenvalue weighted by molar-refractivity contribution is -0.113. The Balaban J connectivity index is 1.98. The van der Waals surface area contributed by atoms with Crippen LogP contribution < -0.4 is 15.8 Å². The van der Waals surface area contributed by atoms with Gasteiger partial charge in [-0.05, 0) is 31.5 Å². The molecule has 0 aliphatic carbocycles. The second-order valence-electron chi connectivity index (χ2n) is 4.94. The van der Waals surface area contributed by atoms with Crippen molar-refractivity contribution in [3.8, 4) is 5.75 Å². The Bertz CT molecular complexity index is 550. The van der Waals surface area contributed by atoms with Gasteiger partial charge in [-0.2, -0.15) is 0 Å². The van der Waals surface area contributed by atoms with Crippen LogP contribution in [0.25, 0.3) is 0 Å². The Morgan fingerprint density at radius 2 is 2.33 bits per heavy atom. The van der Waals surface area contributed by atoms with Gasteiger partial charge >= 0.3 is 0 Å². The molecule has 1 saturated heterocycles. The third-order valence-corrected chi connectivity index (χ3v) is 5.26. The molecule has 3 N–H and O–H groups in total. The number of carbonyl (C=O) groups excluding carboxylic acids is 1. The highest BCUT2D eigenvalue weighted by Crippen LogP contribution is 2.26. The number of benzene rings is 1. The van der Waals surface area contributed by atoms with Crippen LogP contribution in [0, 0.1) is 0 Å². The molecule has 3 atom stereocenters. The summed E-state index contributed by atoms with van der Waals surface area (Å²) in [7, 11) is 0.259. The molecule has 2 rings (SSSR count). The predicted octanol–water partition coefficient (Wildman–Crippen LogP) is 1.14. The Labute approximate surface area is 126 Å². The summed E-state index contributed by atoms with van der Waals surface area (Å²) in [4.78, 5) is 12.0. The van der Waals surface area contributed by atoms with E-state index in [1.807, 2.05) is 6.92 Å². The summed E-state index contributed by atoms with van der Waals surface area (Å²) >= 11 is 0. The molecule has 1 aromatic rings. The van der Waals surface area contributed by atoms with Gasteiger partial charge in [0.25, 0.3) is 0 Å². The van der Waals surface area contributed by atoms with E-state index in [4.69, 9.17) is 15.2 Å². The molecule has 1 amide bonds. The molecule has 0 aromatic heterocycles. The van der Waals surface area contributed by atoms with E-state index in [0.29, 0.717) is 23.7 Å². The van der Waals surface area contributed by atoms with E-state index in [0.717, 1.165) is 6.42 Å². The highest BCUT2D eigenvalue weighted by atomic mass is 32.2. The Morgan fingerprint density at radius 1 is 1.57 bits per heavy atom. The maximum atomic E-state index is 12.2. The number of hydrogen-bond acceptors (Lipinski definition) is 5. The zero-order chi connectivity index (χ0) is 15.4. The van der Waals surface area contributed by atoms with E-state index in [1.165, 1.54) is 7.11 Å². The largest absolute Gasteiger partial charge is 0.495 e. The first kappa shape index (κ1) is 15.8. The molecule has 1 aliphatic heterocycles. The minimum atomic E-state index is -1.25. The zero-order valence-corrected chi connectivity index (χ0v) is 12.9. The SMILES string of the molecule is COc1ccc(N)cc1NC(=O)CS(=O)C1CCOC1C. The van der Waals surface area contributed by atoms with E-state index in [1.54, 1.807) is 18.2 Å². The van der Waals surface area contributed by atoms with E-state index in [2.05, 4.69) is 5.32 Å². The van der Waals surface area contributed by atoms with E-state index >= 15 is 0 Å². The first-order valence-electron chi connectivity index (χ1n) is 6.73. The van der Waals surface area contributed by atoms with Crippen LogP contribution in [0.15, 0.2) is 18.2 Å². The molecule has 1 fully saturated rings. The Hall–Kier alpha value is -1.60. The first-order valence-corrected chi connectivity index (χ1v) is 8.11. The first-order chi connectivity index (χ1) is 10.0. The standard InChI is InChI=1S/C14H20N2O4S/c1-9-13(5-6-20-9)21(18)8-14(17)16-11-7-10(15)3-4-12(11)19-2/h3-4,7,9,13H,5-6,8,15H2,1-2H3,(H,16,17). The van der Waals surface area contributed by atoms with E-state index < -0.39 is 10.8 Å². The molecule has 3 unspecified atom stereocenters. The predicted molar refractivity (Wildman–Crippen MR) is 82.9 cm³/mol. The van der Waals surface area contributed by atoms with Crippen LogP contribution in [0.1, 0.15) is 13.3 Å². The van der Waals surface area contributed by atoms with Crippen molar-refractivity contribution in [2.75, 3.05) is 30.5 Å². The average Bonchev–Trinajstić information content (AvgIpc) is 2.85. The highest BCUT2D eigenvalue weighted by Gasteiger charge is 2.30. The maximum absolute atomic E-state index is 12.2. The molecule has 1 heterocycles. The van der Waals surface area contributed by atoms with Gasteiger partial charge in [0.05, 0.1) is 24.2 Å².